The number of esters is 1. The van der Waals surface area contributed by atoms with Crippen LogP contribution in [0.15, 0.2) is 0 Å². The SMILES string of the molecule is CC(C)C1CC(CC(=O)O)CC(=O)O1. The molecule has 2 atom stereocenters. The lowest BCUT2D eigenvalue weighted by atomic mass is 9.88. The van der Waals surface area contributed by atoms with Gasteiger partial charge in [-0.25, -0.2) is 0 Å². The van der Waals surface area contributed by atoms with Crippen LogP contribution in [-0.4, -0.2) is 23.1 Å². The van der Waals surface area contributed by atoms with Gasteiger partial charge in [0.1, 0.15) is 6.10 Å². The molecule has 14 heavy (non-hydrogen) atoms. The Morgan fingerprint density at radius 3 is 2.79 bits per heavy atom. The van der Waals surface area contributed by atoms with E-state index in [1.54, 1.807) is 0 Å². The van der Waals surface area contributed by atoms with E-state index in [9.17, 15) is 9.59 Å². The Labute approximate surface area is 83.2 Å². The minimum Gasteiger partial charge on any atom is -0.481 e. The molecule has 1 N–H and O–H groups in total. The highest BCUT2D eigenvalue weighted by Crippen LogP contribution is 2.27. The Morgan fingerprint density at radius 2 is 2.29 bits per heavy atom. The maximum absolute atomic E-state index is 11.2. The van der Waals surface area contributed by atoms with Crippen LogP contribution in [0.2, 0.25) is 0 Å². The molecule has 1 saturated heterocycles. The van der Waals surface area contributed by atoms with Crippen LogP contribution < -0.4 is 0 Å². The number of carbonyl (C=O) groups excluding carboxylic acids is 1. The van der Waals surface area contributed by atoms with Crippen LogP contribution in [0.4, 0.5) is 0 Å². The third-order valence-corrected chi connectivity index (χ3v) is 2.51. The number of rotatable bonds is 3. The first kappa shape index (κ1) is 11.0. The van der Waals surface area contributed by atoms with E-state index in [-0.39, 0.29) is 36.8 Å². The molecule has 0 aromatic carbocycles. The van der Waals surface area contributed by atoms with E-state index in [1.807, 2.05) is 13.8 Å². The number of hydrogen-bond donors (Lipinski definition) is 1. The Balaban J connectivity index is 2.53. The van der Waals surface area contributed by atoms with E-state index >= 15 is 0 Å². The maximum atomic E-state index is 11.2. The summed E-state index contributed by atoms with van der Waals surface area (Å²) in [5.74, 6) is -0.898. The standard InChI is InChI=1S/C10H16O4/c1-6(2)8-3-7(4-9(11)12)5-10(13)14-8/h6-8H,3-5H2,1-2H3,(H,11,12). The molecule has 1 rings (SSSR count). The lowest BCUT2D eigenvalue weighted by molar-refractivity contribution is -0.160. The molecular weight excluding hydrogens is 184 g/mol. The van der Waals surface area contributed by atoms with Gasteiger partial charge in [0.15, 0.2) is 0 Å². The van der Waals surface area contributed by atoms with E-state index in [0.717, 1.165) is 0 Å². The van der Waals surface area contributed by atoms with Gasteiger partial charge in [-0.05, 0) is 18.3 Å². The number of carboxylic acid groups (broad SMARTS) is 1. The Hall–Kier alpha value is -1.06. The quantitative estimate of drug-likeness (QED) is 0.700. The number of aliphatic carboxylic acids is 1. The molecule has 0 radical (unpaired) electrons. The molecule has 4 heteroatoms. The second-order valence-corrected chi connectivity index (χ2v) is 4.18. The summed E-state index contributed by atoms with van der Waals surface area (Å²) in [7, 11) is 0. The Bertz CT molecular complexity index is 232. The largest absolute Gasteiger partial charge is 0.481 e. The van der Waals surface area contributed by atoms with Crippen LogP contribution in [0.1, 0.15) is 33.1 Å². The average Bonchev–Trinajstić information content (AvgIpc) is 2.01. The predicted octanol–water partition coefficient (Wildman–Crippen LogP) is 1.44. The van der Waals surface area contributed by atoms with Gasteiger partial charge in [-0.1, -0.05) is 13.8 Å². The number of carboxylic acids is 1. The number of carbonyl (C=O) groups is 2. The van der Waals surface area contributed by atoms with Gasteiger partial charge in [-0.3, -0.25) is 9.59 Å². The van der Waals surface area contributed by atoms with Crippen molar-refractivity contribution in [3.05, 3.63) is 0 Å². The number of cyclic esters (lactones) is 1. The fraction of sp³-hybridized carbons (Fsp3) is 0.800. The molecule has 2 unspecified atom stereocenters. The van der Waals surface area contributed by atoms with E-state index in [0.29, 0.717) is 6.42 Å². The first-order valence-corrected chi connectivity index (χ1v) is 4.90. The highest BCUT2D eigenvalue weighted by atomic mass is 16.5. The molecular formula is C10H16O4. The molecule has 80 valence electrons. The number of ether oxygens (including phenoxy) is 1. The summed E-state index contributed by atoms with van der Waals surface area (Å²) in [4.78, 5) is 21.7. The lowest BCUT2D eigenvalue weighted by Gasteiger charge is -2.30. The fourth-order valence-electron chi connectivity index (χ4n) is 1.72. The number of hydrogen-bond acceptors (Lipinski definition) is 3. The van der Waals surface area contributed by atoms with Gasteiger partial charge in [0.25, 0.3) is 0 Å². The Morgan fingerprint density at radius 1 is 1.64 bits per heavy atom. The summed E-state index contributed by atoms with van der Waals surface area (Å²) in [6.45, 7) is 3.95. The minimum atomic E-state index is -0.841. The molecule has 0 aromatic heterocycles. The zero-order chi connectivity index (χ0) is 10.7. The van der Waals surface area contributed by atoms with Crippen molar-refractivity contribution >= 4 is 11.9 Å². The Kier molecular flexibility index (Phi) is 3.49. The van der Waals surface area contributed by atoms with Gasteiger partial charge in [-0.15, -0.1) is 0 Å². The van der Waals surface area contributed by atoms with Gasteiger partial charge >= 0.3 is 11.9 Å². The highest BCUT2D eigenvalue weighted by molar-refractivity contribution is 5.73. The normalized spacial score (nSPS) is 27.5. The third-order valence-electron chi connectivity index (χ3n) is 2.51. The first-order valence-electron chi connectivity index (χ1n) is 4.90. The third kappa shape index (κ3) is 3.01. The van der Waals surface area contributed by atoms with Crippen molar-refractivity contribution in [1.29, 1.82) is 0 Å². The van der Waals surface area contributed by atoms with Crippen molar-refractivity contribution in [3.63, 3.8) is 0 Å². The van der Waals surface area contributed by atoms with Crippen molar-refractivity contribution in [2.75, 3.05) is 0 Å². The van der Waals surface area contributed by atoms with Gasteiger partial charge in [-0.2, -0.15) is 0 Å². The first-order chi connectivity index (χ1) is 6.49. The average molecular weight is 200 g/mol. The highest BCUT2D eigenvalue weighted by Gasteiger charge is 2.31. The molecule has 1 fully saturated rings. The van der Waals surface area contributed by atoms with Crippen LogP contribution in [0.5, 0.6) is 0 Å². The van der Waals surface area contributed by atoms with Gasteiger partial charge in [0.05, 0.1) is 0 Å². The van der Waals surface area contributed by atoms with E-state index in [4.69, 9.17) is 9.84 Å². The monoisotopic (exact) mass is 200 g/mol. The van der Waals surface area contributed by atoms with Crippen molar-refractivity contribution < 1.29 is 19.4 Å². The fourth-order valence-corrected chi connectivity index (χ4v) is 1.72. The topological polar surface area (TPSA) is 63.6 Å². The summed E-state index contributed by atoms with van der Waals surface area (Å²) in [6, 6.07) is 0. The molecule has 0 spiro atoms. The molecule has 0 amide bonds. The zero-order valence-corrected chi connectivity index (χ0v) is 8.53. The van der Waals surface area contributed by atoms with Crippen LogP contribution in [0.25, 0.3) is 0 Å². The molecule has 1 aliphatic rings. The van der Waals surface area contributed by atoms with Crippen molar-refractivity contribution in [2.45, 2.75) is 39.2 Å². The van der Waals surface area contributed by atoms with Crippen LogP contribution in [-0.2, 0) is 14.3 Å². The molecule has 0 aliphatic carbocycles. The maximum Gasteiger partial charge on any atom is 0.306 e. The summed E-state index contributed by atoms with van der Waals surface area (Å²) >= 11 is 0. The molecule has 1 heterocycles. The lowest BCUT2D eigenvalue weighted by Crippen LogP contribution is -2.33. The van der Waals surface area contributed by atoms with Crippen molar-refractivity contribution in [3.8, 4) is 0 Å². The van der Waals surface area contributed by atoms with Gasteiger partial charge in [0, 0.05) is 12.8 Å². The molecule has 0 saturated carbocycles. The van der Waals surface area contributed by atoms with E-state index in [2.05, 4.69) is 0 Å². The smallest absolute Gasteiger partial charge is 0.306 e. The summed E-state index contributed by atoms with van der Waals surface area (Å²) in [5, 5.41) is 8.62. The predicted molar refractivity (Wildman–Crippen MR) is 49.7 cm³/mol. The molecule has 1 aliphatic heterocycles. The second kappa shape index (κ2) is 4.44. The molecule has 4 nitrogen and oxygen atoms in total. The van der Waals surface area contributed by atoms with Gasteiger partial charge in [0.2, 0.25) is 0 Å². The van der Waals surface area contributed by atoms with Gasteiger partial charge < -0.3 is 9.84 Å². The zero-order valence-electron chi connectivity index (χ0n) is 8.53. The second-order valence-electron chi connectivity index (χ2n) is 4.18. The van der Waals surface area contributed by atoms with E-state index < -0.39 is 5.97 Å². The minimum absolute atomic E-state index is 0.0545. The summed E-state index contributed by atoms with van der Waals surface area (Å²) < 4.78 is 5.13. The van der Waals surface area contributed by atoms with E-state index in [1.165, 1.54) is 0 Å². The van der Waals surface area contributed by atoms with Crippen LogP contribution >= 0.6 is 0 Å². The molecule has 0 aromatic rings. The van der Waals surface area contributed by atoms with Crippen LogP contribution in [0.3, 0.4) is 0 Å². The molecule has 0 bridgehead atoms. The van der Waals surface area contributed by atoms with Crippen molar-refractivity contribution in [1.82, 2.24) is 0 Å². The summed E-state index contributed by atoms with van der Waals surface area (Å²) in [5.41, 5.74) is 0. The van der Waals surface area contributed by atoms with Crippen LogP contribution in [0, 0.1) is 11.8 Å². The summed E-state index contributed by atoms with van der Waals surface area (Å²) in [6.07, 6.45) is 0.879. The van der Waals surface area contributed by atoms with Crippen molar-refractivity contribution in [2.24, 2.45) is 11.8 Å².